The molecule has 0 spiro atoms. The van der Waals surface area contributed by atoms with Gasteiger partial charge in [0.2, 0.25) is 5.88 Å². The minimum absolute atomic E-state index is 0.0461. The number of halogens is 2. The molecule has 0 fully saturated rings. The molecule has 0 radical (unpaired) electrons. The molecule has 3 rings (SSSR count). The van der Waals surface area contributed by atoms with Crippen molar-refractivity contribution in [2.75, 3.05) is 12.4 Å². The van der Waals surface area contributed by atoms with Gasteiger partial charge in [-0.05, 0) is 30.7 Å². The van der Waals surface area contributed by atoms with Crippen LogP contribution in [-0.4, -0.2) is 22.4 Å². The number of anilines is 1. The van der Waals surface area contributed by atoms with Gasteiger partial charge in [-0.2, -0.15) is 5.10 Å². The number of ether oxygens (including phenoxy) is 1. The molecular formula is C17H15ClFN3O2. The van der Waals surface area contributed by atoms with Crippen LogP contribution in [0.2, 0.25) is 5.02 Å². The Kier molecular flexibility index (Phi) is 4.40. The molecule has 124 valence electrons. The van der Waals surface area contributed by atoms with E-state index in [1.54, 1.807) is 14.0 Å². The molecule has 0 amide bonds. The zero-order valence-corrected chi connectivity index (χ0v) is 13.9. The Bertz CT molecular complexity index is 901. The van der Waals surface area contributed by atoms with Crippen LogP contribution in [0.15, 0.2) is 30.3 Å². The Labute approximate surface area is 143 Å². The van der Waals surface area contributed by atoms with Crippen LogP contribution in [-0.2, 0) is 6.54 Å². The van der Waals surface area contributed by atoms with Crippen molar-refractivity contribution in [2.45, 2.75) is 13.5 Å². The molecule has 0 aliphatic heterocycles. The summed E-state index contributed by atoms with van der Waals surface area (Å²) >= 11 is 5.98. The van der Waals surface area contributed by atoms with Crippen LogP contribution >= 0.6 is 11.6 Å². The van der Waals surface area contributed by atoms with E-state index in [1.165, 1.54) is 6.07 Å². The predicted molar refractivity (Wildman–Crippen MR) is 91.2 cm³/mol. The number of nitrogens with zero attached hydrogens (tertiary/aromatic N) is 2. The second-order valence-corrected chi connectivity index (χ2v) is 5.69. The summed E-state index contributed by atoms with van der Waals surface area (Å²) in [5.74, 6) is -0.245. The largest absolute Gasteiger partial charge is 0.497 e. The highest BCUT2D eigenvalue weighted by Gasteiger charge is 2.18. The second kappa shape index (κ2) is 6.49. The molecule has 1 heterocycles. The van der Waals surface area contributed by atoms with E-state index < -0.39 is 5.82 Å². The molecule has 2 N–H and O–H groups in total. The van der Waals surface area contributed by atoms with Crippen LogP contribution in [0, 0.1) is 12.7 Å². The lowest BCUT2D eigenvalue weighted by Crippen LogP contribution is -2.04. The Hall–Kier alpha value is -2.60. The molecule has 0 saturated carbocycles. The quantitative estimate of drug-likeness (QED) is 0.745. The average Bonchev–Trinajstić information content (AvgIpc) is 2.59. The molecule has 0 atom stereocenters. The van der Waals surface area contributed by atoms with Gasteiger partial charge in [0.1, 0.15) is 5.75 Å². The van der Waals surface area contributed by atoms with E-state index in [0.29, 0.717) is 17.6 Å². The summed E-state index contributed by atoms with van der Waals surface area (Å²) in [4.78, 5) is 0. The van der Waals surface area contributed by atoms with Gasteiger partial charge in [-0.1, -0.05) is 23.7 Å². The fourth-order valence-corrected chi connectivity index (χ4v) is 2.67. The smallest absolute Gasteiger partial charge is 0.241 e. The van der Waals surface area contributed by atoms with E-state index in [4.69, 9.17) is 16.3 Å². The Morgan fingerprint density at radius 1 is 1.25 bits per heavy atom. The molecular weight excluding hydrogens is 333 g/mol. The molecule has 3 aromatic rings. The fraction of sp³-hybridized carbons (Fsp3) is 0.176. The molecule has 0 aliphatic carbocycles. The van der Waals surface area contributed by atoms with Gasteiger partial charge < -0.3 is 15.2 Å². The molecule has 2 aromatic carbocycles. The van der Waals surface area contributed by atoms with Crippen molar-refractivity contribution in [3.8, 4) is 11.6 Å². The van der Waals surface area contributed by atoms with Gasteiger partial charge >= 0.3 is 0 Å². The lowest BCUT2D eigenvalue weighted by molar-refractivity contribution is 0.414. The van der Waals surface area contributed by atoms with Crippen LogP contribution in [0.4, 0.5) is 10.1 Å². The van der Waals surface area contributed by atoms with E-state index in [9.17, 15) is 9.50 Å². The highest BCUT2D eigenvalue weighted by atomic mass is 35.5. The van der Waals surface area contributed by atoms with Crippen molar-refractivity contribution in [1.82, 2.24) is 10.2 Å². The van der Waals surface area contributed by atoms with Crippen molar-refractivity contribution in [3.05, 3.63) is 52.4 Å². The number of hydrogen-bond acceptors (Lipinski definition) is 5. The van der Waals surface area contributed by atoms with E-state index in [1.807, 2.05) is 24.3 Å². The Morgan fingerprint density at radius 3 is 2.62 bits per heavy atom. The number of fused-ring (bicyclic) bond motifs is 1. The maximum atomic E-state index is 14.5. The number of aryl methyl sites for hydroxylation is 1. The number of aromatic hydroxyl groups is 1. The van der Waals surface area contributed by atoms with Gasteiger partial charge in [-0.25, -0.2) is 4.39 Å². The van der Waals surface area contributed by atoms with Crippen molar-refractivity contribution in [3.63, 3.8) is 0 Å². The summed E-state index contributed by atoms with van der Waals surface area (Å²) in [5.41, 5.74) is 1.57. The van der Waals surface area contributed by atoms with Crippen LogP contribution in [0.1, 0.15) is 11.3 Å². The normalized spacial score (nSPS) is 10.8. The standard InChI is InChI=1S/C17H15ClFN3O2/c1-9-12-7-13(18)15(19)16(14(12)17(23)22-21-9)20-8-10-3-5-11(24-2)6-4-10/h3-7,20H,8H2,1-2H3,(H,22,23). The summed E-state index contributed by atoms with van der Waals surface area (Å²) < 4.78 is 19.6. The van der Waals surface area contributed by atoms with E-state index in [2.05, 4.69) is 15.5 Å². The van der Waals surface area contributed by atoms with E-state index in [-0.39, 0.29) is 22.0 Å². The number of benzene rings is 2. The first-order valence-electron chi connectivity index (χ1n) is 7.22. The van der Waals surface area contributed by atoms with Gasteiger partial charge in [0.05, 0.1) is 28.9 Å². The maximum absolute atomic E-state index is 14.5. The lowest BCUT2D eigenvalue weighted by Gasteiger charge is -2.14. The monoisotopic (exact) mass is 347 g/mol. The summed E-state index contributed by atoms with van der Waals surface area (Å²) in [6.07, 6.45) is 0. The summed E-state index contributed by atoms with van der Waals surface area (Å²) in [7, 11) is 1.59. The third kappa shape index (κ3) is 2.92. The molecule has 0 saturated heterocycles. The second-order valence-electron chi connectivity index (χ2n) is 5.28. The number of rotatable bonds is 4. The van der Waals surface area contributed by atoms with Crippen LogP contribution in [0.25, 0.3) is 10.8 Å². The van der Waals surface area contributed by atoms with Gasteiger partial charge in [-0.15, -0.1) is 5.10 Å². The zero-order chi connectivity index (χ0) is 17.3. The predicted octanol–water partition coefficient (Wildman–Crippen LogP) is 4.06. The Balaban J connectivity index is 2.01. The summed E-state index contributed by atoms with van der Waals surface area (Å²) in [5, 5.41) is 21.3. The van der Waals surface area contributed by atoms with Gasteiger partial charge in [0.15, 0.2) is 5.82 Å². The van der Waals surface area contributed by atoms with Crippen molar-refractivity contribution >= 4 is 28.1 Å². The number of aromatic nitrogens is 2. The topological polar surface area (TPSA) is 67.3 Å². The molecule has 0 unspecified atom stereocenters. The summed E-state index contributed by atoms with van der Waals surface area (Å²) in [6.45, 7) is 2.06. The number of hydrogen-bond donors (Lipinski definition) is 2. The first kappa shape index (κ1) is 16.3. The molecule has 1 aromatic heterocycles. The minimum Gasteiger partial charge on any atom is -0.497 e. The van der Waals surface area contributed by atoms with Gasteiger partial charge in [0.25, 0.3) is 0 Å². The van der Waals surface area contributed by atoms with Crippen molar-refractivity contribution in [1.29, 1.82) is 0 Å². The maximum Gasteiger partial charge on any atom is 0.241 e. The molecule has 7 heteroatoms. The SMILES string of the molecule is COc1ccc(CNc2c(F)c(Cl)cc3c(C)nnc(O)c23)cc1. The first-order valence-corrected chi connectivity index (χ1v) is 7.59. The van der Waals surface area contributed by atoms with Crippen LogP contribution in [0.3, 0.4) is 0 Å². The molecule has 24 heavy (non-hydrogen) atoms. The van der Waals surface area contributed by atoms with Crippen molar-refractivity contribution in [2.24, 2.45) is 0 Å². The third-order valence-corrected chi connectivity index (χ3v) is 4.03. The van der Waals surface area contributed by atoms with Crippen LogP contribution < -0.4 is 10.1 Å². The highest BCUT2D eigenvalue weighted by Crippen LogP contribution is 2.37. The zero-order valence-electron chi connectivity index (χ0n) is 13.1. The number of nitrogens with one attached hydrogen (secondary N) is 1. The minimum atomic E-state index is -0.639. The molecule has 0 bridgehead atoms. The summed E-state index contributed by atoms with van der Waals surface area (Å²) in [6, 6.07) is 8.80. The van der Waals surface area contributed by atoms with E-state index >= 15 is 0 Å². The van der Waals surface area contributed by atoms with Crippen molar-refractivity contribution < 1.29 is 14.2 Å². The van der Waals surface area contributed by atoms with E-state index in [0.717, 1.165) is 11.3 Å². The fourth-order valence-electron chi connectivity index (χ4n) is 2.47. The third-order valence-electron chi connectivity index (χ3n) is 3.76. The lowest BCUT2D eigenvalue weighted by atomic mass is 10.1. The Morgan fingerprint density at radius 2 is 1.96 bits per heavy atom. The van der Waals surface area contributed by atoms with Gasteiger partial charge in [0, 0.05) is 11.9 Å². The van der Waals surface area contributed by atoms with Gasteiger partial charge in [-0.3, -0.25) is 0 Å². The first-order chi connectivity index (χ1) is 11.5. The molecule has 0 aliphatic rings. The van der Waals surface area contributed by atoms with Crippen LogP contribution in [0.5, 0.6) is 11.6 Å². The highest BCUT2D eigenvalue weighted by molar-refractivity contribution is 6.32. The average molecular weight is 348 g/mol. The number of methoxy groups -OCH3 is 1. The molecule has 5 nitrogen and oxygen atoms in total.